The molecule has 20 heavy (non-hydrogen) atoms. The van der Waals surface area contributed by atoms with Crippen molar-refractivity contribution in [3.8, 4) is 11.8 Å². The van der Waals surface area contributed by atoms with Gasteiger partial charge in [-0.2, -0.15) is 5.26 Å². The maximum Gasteiger partial charge on any atom is 0.206 e. The van der Waals surface area contributed by atoms with Crippen molar-refractivity contribution in [2.24, 2.45) is 0 Å². The zero-order valence-corrected chi connectivity index (χ0v) is 11.7. The van der Waals surface area contributed by atoms with Gasteiger partial charge in [-0.3, -0.25) is 4.57 Å². The van der Waals surface area contributed by atoms with Crippen molar-refractivity contribution >= 4 is 32.9 Å². The largest absolute Gasteiger partial charge is 0.369 e. The maximum atomic E-state index is 13.8. The predicted molar refractivity (Wildman–Crippen MR) is 77.9 cm³/mol. The van der Waals surface area contributed by atoms with Crippen LogP contribution in [0.25, 0.3) is 16.7 Å². The molecule has 0 aliphatic heterocycles. The summed E-state index contributed by atoms with van der Waals surface area (Å²) in [6.45, 7) is 0. The summed E-state index contributed by atoms with van der Waals surface area (Å²) in [4.78, 5) is 4.04. The van der Waals surface area contributed by atoms with E-state index in [1.54, 1.807) is 34.9 Å². The number of nitriles is 1. The summed E-state index contributed by atoms with van der Waals surface area (Å²) in [7, 11) is 0. The van der Waals surface area contributed by atoms with Crippen molar-refractivity contribution in [1.29, 1.82) is 5.26 Å². The molecule has 0 aliphatic rings. The predicted octanol–water partition coefficient (Wildman–Crippen LogP) is 3.38. The summed E-state index contributed by atoms with van der Waals surface area (Å²) in [5.41, 5.74) is 7.60. The first-order valence-corrected chi connectivity index (χ1v) is 6.53. The molecule has 2 aromatic carbocycles. The minimum absolute atomic E-state index is 0.139. The molecule has 0 bridgehead atoms. The molecule has 0 saturated carbocycles. The third kappa shape index (κ3) is 1.84. The second kappa shape index (κ2) is 4.62. The molecule has 6 heteroatoms. The SMILES string of the molecule is N#Cc1ccc(Br)cc1-n1c(N)nc2c(F)cccc21. The second-order valence-electron chi connectivity index (χ2n) is 4.19. The number of fused-ring (bicyclic) bond motifs is 1. The molecule has 98 valence electrons. The fourth-order valence-corrected chi connectivity index (χ4v) is 2.47. The van der Waals surface area contributed by atoms with Crippen LogP contribution >= 0.6 is 15.9 Å². The van der Waals surface area contributed by atoms with Crippen LogP contribution in [0.15, 0.2) is 40.9 Å². The van der Waals surface area contributed by atoms with E-state index in [9.17, 15) is 9.65 Å². The average Bonchev–Trinajstić information content (AvgIpc) is 2.76. The molecule has 0 amide bonds. The lowest BCUT2D eigenvalue weighted by Crippen LogP contribution is -2.02. The van der Waals surface area contributed by atoms with Gasteiger partial charge in [0, 0.05) is 4.47 Å². The van der Waals surface area contributed by atoms with E-state index in [2.05, 4.69) is 27.0 Å². The van der Waals surface area contributed by atoms with E-state index in [0.717, 1.165) is 4.47 Å². The van der Waals surface area contributed by atoms with Gasteiger partial charge in [0.25, 0.3) is 0 Å². The number of nitrogens with two attached hydrogens (primary N) is 1. The zero-order valence-electron chi connectivity index (χ0n) is 10.1. The summed E-state index contributed by atoms with van der Waals surface area (Å²) in [6, 6.07) is 11.9. The third-order valence-corrected chi connectivity index (χ3v) is 3.48. The Bertz CT molecular complexity index is 863. The number of halogens is 2. The van der Waals surface area contributed by atoms with E-state index in [1.807, 2.05) is 0 Å². The van der Waals surface area contributed by atoms with Gasteiger partial charge in [-0.1, -0.05) is 22.0 Å². The molecule has 1 heterocycles. The number of para-hydroxylation sites is 1. The van der Waals surface area contributed by atoms with Crippen molar-refractivity contribution in [1.82, 2.24) is 9.55 Å². The van der Waals surface area contributed by atoms with E-state index >= 15 is 0 Å². The molecule has 2 N–H and O–H groups in total. The molecule has 4 nitrogen and oxygen atoms in total. The molecule has 0 atom stereocenters. The Morgan fingerprint density at radius 3 is 2.85 bits per heavy atom. The monoisotopic (exact) mass is 330 g/mol. The van der Waals surface area contributed by atoms with Gasteiger partial charge in [-0.15, -0.1) is 0 Å². The number of hydrogen-bond acceptors (Lipinski definition) is 3. The summed E-state index contributed by atoms with van der Waals surface area (Å²) in [5.74, 6) is -0.304. The number of nitrogen functional groups attached to an aromatic ring is 1. The highest BCUT2D eigenvalue weighted by molar-refractivity contribution is 9.10. The van der Waals surface area contributed by atoms with Gasteiger partial charge in [0.05, 0.1) is 16.8 Å². The van der Waals surface area contributed by atoms with E-state index in [1.165, 1.54) is 6.07 Å². The minimum Gasteiger partial charge on any atom is -0.369 e. The molecular weight excluding hydrogens is 323 g/mol. The normalized spacial score (nSPS) is 10.7. The van der Waals surface area contributed by atoms with Crippen LogP contribution in [0.2, 0.25) is 0 Å². The zero-order chi connectivity index (χ0) is 14.3. The van der Waals surface area contributed by atoms with Gasteiger partial charge in [0.1, 0.15) is 11.6 Å². The van der Waals surface area contributed by atoms with Crippen LogP contribution < -0.4 is 5.73 Å². The Labute approximate surface area is 122 Å². The number of nitrogens with zero attached hydrogens (tertiary/aromatic N) is 3. The van der Waals surface area contributed by atoms with Gasteiger partial charge in [0.2, 0.25) is 5.95 Å². The average molecular weight is 331 g/mol. The Morgan fingerprint density at radius 2 is 2.10 bits per heavy atom. The summed E-state index contributed by atoms with van der Waals surface area (Å²) >= 11 is 3.36. The number of rotatable bonds is 1. The van der Waals surface area contributed by atoms with Gasteiger partial charge >= 0.3 is 0 Å². The lowest BCUT2D eigenvalue weighted by Gasteiger charge is -2.09. The Kier molecular flexibility index (Phi) is 2.92. The maximum absolute atomic E-state index is 13.8. The summed E-state index contributed by atoms with van der Waals surface area (Å²) in [5, 5.41) is 9.21. The van der Waals surface area contributed by atoms with Crippen molar-refractivity contribution < 1.29 is 4.39 Å². The molecule has 3 aromatic rings. The van der Waals surface area contributed by atoms with Crippen LogP contribution in [0.4, 0.5) is 10.3 Å². The Morgan fingerprint density at radius 1 is 1.30 bits per heavy atom. The standard InChI is InChI=1S/C14H8BrFN4/c15-9-5-4-8(7-17)12(6-9)20-11-3-1-2-10(16)13(11)19-14(20)18/h1-6H,(H2,18,19). The molecule has 0 radical (unpaired) electrons. The number of hydrogen-bond donors (Lipinski definition) is 1. The van der Waals surface area contributed by atoms with Crippen molar-refractivity contribution in [3.63, 3.8) is 0 Å². The third-order valence-electron chi connectivity index (χ3n) is 2.98. The first-order chi connectivity index (χ1) is 9.61. The minimum atomic E-state index is -0.443. The fraction of sp³-hybridized carbons (Fsp3) is 0. The van der Waals surface area contributed by atoms with Crippen molar-refractivity contribution in [2.75, 3.05) is 5.73 Å². The van der Waals surface area contributed by atoms with Crippen molar-refractivity contribution in [3.05, 3.63) is 52.3 Å². The molecule has 3 rings (SSSR count). The van der Waals surface area contributed by atoms with Crippen LogP contribution in [-0.2, 0) is 0 Å². The topological polar surface area (TPSA) is 67.6 Å². The van der Waals surface area contributed by atoms with E-state index < -0.39 is 5.82 Å². The quantitative estimate of drug-likeness (QED) is 0.743. The number of imidazole rings is 1. The van der Waals surface area contributed by atoms with Crippen molar-refractivity contribution in [2.45, 2.75) is 0 Å². The smallest absolute Gasteiger partial charge is 0.206 e. The highest BCUT2D eigenvalue weighted by atomic mass is 79.9. The molecule has 0 spiro atoms. The van der Waals surface area contributed by atoms with Crippen LogP contribution in [0.3, 0.4) is 0 Å². The first kappa shape index (κ1) is 12.6. The summed E-state index contributed by atoms with van der Waals surface area (Å²) in [6.07, 6.45) is 0. The highest BCUT2D eigenvalue weighted by Gasteiger charge is 2.15. The first-order valence-electron chi connectivity index (χ1n) is 5.74. The molecule has 0 unspecified atom stereocenters. The Hall–Kier alpha value is -2.39. The van der Waals surface area contributed by atoms with Gasteiger partial charge in [-0.25, -0.2) is 9.37 Å². The molecule has 0 aliphatic carbocycles. The lowest BCUT2D eigenvalue weighted by molar-refractivity contribution is 0.637. The molecule has 0 fully saturated rings. The fourth-order valence-electron chi connectivity index (χ4n) is 2.12. The summed E-state index contributed by atoms with van der Waals surface area (Å²) < 4.78 is 16.1. The van der Waals surface area contributed by atoms with Crippen LogP contribution in [0.1, 0.15) is 5.56 Å². The van der Waals surface area contributed by atoms with E-state index in [4.69, 9.17) is 5.73 Å². The van der Waals surface area contributed by atoms with Crippen LogP contribution in [0, 0.1) is 17.1 Å². The second-order valence-corrected chi connectivity index (χ2v) is 5.10. The Balaban J connectivity index is 2.42. The molecular formula is C14H8BrFN4. The molecule has 0 saturated heterocycles. The number of aromatic nitrogens is 2. The molecule has 1 aromatic heterocycles. The van der Waals surface area contributed by atoms with Gasteiger partial charge in [-0.05, 0) is 30.3 Å². The highest BCUT2D eigenvalue weighted by Crippen LogP contribution is 2.28. The number of anilines is 1. The van der Waals surface area contributed by atoms with E-state index in [0.29, 0.717) is 16.8 Å². The lowest BCUT2D eigenvalue weighted by atomic mass is 10.2. The van der Waals surface area contributed by atoms with Crippen LogP contribution in [-0.4, -0.2) is 9.55 Å². The van der Waals surface area contributed by atoms with Gasteiger partial charge in [0.15, 0.2) is 5.82 Å². The van der Waals surface area contributed by atoms with Crippen LogP contribution in [0.5, 0.6) is 0 Å². The van der Waals surface area contributed by atoms with Gasteiger partial charge < -0.3 is 5.73 Å². The van der Waals surface area contributed by atoms with E-state index in [-0.39, 0.29) is 11.5 Å². The number of benzene rings is 2.